The van der Waals surface area contributed by atoms with E-state index >= 15 is 0 Å². The van der Waals surface area contributed by atoms with E-state index in [1.54, 1.807) is 0 Å². The number of rotatable bonds is 3. The molecule has 1 N–H and O–H groups in total. The zero-order chi connectivity index (χ0) is 15.5. The smallest absolute Gasteiger partial charge is 0.00963 e. The summed E-state index contributed by atoms with van der Waals surface area (Å²) >= 11 is 0. The lowest BCUT2D eigenvalue weighted by molar-refractivity contribution is 0.114. The molecule has 2 fully saturated rings. The van der Waals surface area contributed by atoms with Gasteiger partial charge in [-0.2, -0.15) is 0 Å². The van der Waals surface area contributed by atoms with Crippen molar-refractivity contribution in [2.75, 3.05) is 14.1 Å². The third kappa shape index (κ3) is 4.69. The summed E-state index contributed by atoms with van der Waals surface area (Å²) in [5, 5.41) is 3.46. The molecule has 0 aromatic rings. The zero-order valence-corrected chi connectivity index (χ0v) is 15.1. The number of nitrogens with one attached hydrogen (secondary N) is 1. The van der Waals surface area contributed by atoms with E-state index in [1.165, 1.54) is 57.8 Å². The molecule has 0 saturated heterocycles. The quantitative estimate of drug-likeness (QED) is 0.774. The summed E-state index contributed by atoms with van der Waals surface area (Å²) in [6.07, 6.45) is 12.7. The minimum atomic E-state index is 0.498. The first-order chi connectivity index (χ1) is 9.91. The molecule has 0 radical (unpaired) electrons. The Balaban J connectivity index is 1.84. The summed E-state index contributed by atoms with van der Waals surface area (Å²) in [5.41, 5.74) is 0.498. The third-order valence-corrected chi connectivity index (χ3v) is 6.42. The van der Waals surface area contributed by atoms with Crippen molar-refractivity contribution in [3.8, 4) is 0 Å². The van der Waals surface area contributed by atoms with Gasteiger partial charge in [0.15, 0.2) is 0 Å². The molecule has 2 atom stereocenters. The molecular formula is C19H38N2. The number of hydrogen-bond acceptors (Lipinski definition) is 2. The van der Waals surface area contributed by atoms with Crippen molar-refractivity contribution in [2.45, 2.75) is 96.7 Å². The minimum Gasteiger partial charge on any atom is -0.317 e. The molecule has 0 aliphatic heterocycles. The predicted octanol–water partition coefficient (Wildman–Crippen LogP) is 4.44. The Morgan fingerprint density at radius 2 is 1.38 bits per heavy atom. The summed E-state index contributed by atoms with van der Waals surface area (Å²) in [7, 11) is 4.53. The molecule has 2 unspecified atom stereocenters. The molecule has 124 valence electrons. The Hall–Kier alpha value is -0.0800. The molecule has 0 aromatic heterocycles. The van der Waals surface area contributed by atoms with Gasteiger partial charge in [0.1, 0.15) is 0 Å². The molecule has 2 aliphatic carbocycles. The van der Waals surface area contributed by atoms with Crippen LogP contribution in [0.25, 0.3) is 0 Å². The number of nitrogens with zero attached hydrogens (tertiary/aromatic N) is 1. The van der Waals surface area contributed by atoms with Crippen molar-refractivity contribution >= 4 is 0 Å². The Kier molecular flexibility index (Phi) is 6.14. The summed E-state index contributed by atoms with van der Waals surface area (Å²) in [6.45, 7) is 7.29. The molecule has 0 spiro atoms. The highest BCUT2D eigenvalue weighted by Gasteiger charge is 2.32. The van der Waals surface area contributed by atoms with Crippen molar-refractivity contribution in [1.29, 1.82) is 0 Å². The topological polar surface area (TPSA) is 15.3 Å². The molecule has 0 bridgehead atoms. The Morgan fingerprint density at radius 1 is 0.810 bits per heavy atom. The van der Waals surface area contributed by atoms with Gasteiger partial charge >= 0.3 is 0 Å². The average molecular weight is 295 g/mol. The van der Waals surface area contributed by atoms with Crippen LogP contribution in [0.5, 0.6) is 0 Å². The molecule has 0 heterocycles. The molecule has 2 rings (SSSR count). The van der Waals surface area contributed by atoms with Crippen molar-refractivity contribution in [1.82, 2.24) is 10.2 Å². The third-order valence-electron chi connectivity index (χ3n) is 6.42. The molecule has 2 nitrogen and oxygen atoms in total. The van der Waals surface area contributed by atoms with Gasteiger partial charge in [0.05, 0.1) is 0 Å². The van der Waals surface area contributed by atoms with E-state index in [0.29, 0.717) is 5.41 Å². The predicted molar refractivity (Wildman–Crippen MR) is 92.7 cm³/mol. The van der Waals surface area contributed by atoms with Crippen LogP contribution in [0.3, 0.4) is 0 Å². The van der Waals surface area contributed by atoms with Gasteiger partial charge < -0.3 is 10.2 Å². The van der Waals surface area contributed by atoms with Gasteiger partial charge in [0.25, 0.3) is 0 Å². The van der Waals surface area contributed by atoms with Crippen LogP contribution in [0.15, 0.2) is 0 Å². The second-order valence-corrected chi connectivity index (χ2v) is 8.68. The average Bonchev–Trinajstić information content (AvgIpc) is 2.72. The lowest BCUT2D eigenvalue weighted by atomic mass is 9.76. The summed E-state index contributed by atoms with van der Waals surface area (Å²) in [6, 6.07) is 2.45. The molecule has 0 amide bonds. The van der Waals surface area contributed by atoms with Crippen LogP contribution in [0, 0.1) is 11.3 Å². The molecule has 0 aromatic carbocycles. The molecule has 2 heteroatoms. The van der Waals surface area contributed by atoms with Crippen molar-refractivity contribution in [3.63, 3.8) is 0 Å². The van der Waals surface area contributed by atoms with Crippen LogP contribution in [0.1, 0.15) is 78.6 Å². The summed E-state index contributed by atoms with van der Waals surface area (Å²) < 4.78 is 0. The van der Waals surface area contributed by atoms with E-state index in [2.05, 4.69) is 45.1 Å². The van der Waals surface area contributed by atoms with E-state index in [4.69, 9.17) is 0 Å². The second-order valence-electron chi connectivity index (χ2n) is 8.68. The van der Waals surface area contributed by atoms with Crippen LogP contribution in [-0.2, 0) is 0 Å². The van der Waals surface area contributed by atoms with E-state index in [-0.39, 0.29) is 0 Å². The lowest BCUT2D eigenvalue weighted by Gasteiger charge is -2.39. The van der Waals surface area contributed by atoms with Gasteiger partial charge in [-0.15, -0.1) is 0 Å². The standard InChI is InChI=1S/C19H38N2/c1-19(2,3)15-7-6-8-17(12-9-15)21(5)18-13-10-16(20-4)11-14-18/h15-18,20H,6-14H2,1-5H3. The fourth-order valence-corrected chi connectivity index (χ4v) is 4.63. The van der Waals surface area contributed by atoms with E-state index < -0.39 is 0 Å². The largest absolute Gasteiger partial charge is 0.317 e. The van der Waals surface area contributed by atoms with Gasteiger partial charge in [-0.1, -0.05) is 27.2 Å². The van der Waals surface area contributed by atoms with Gasteiger partial charge in [0.2, 0.25) is 0 Å². The van der Waals surface area contributed by atoms with Crippen molar-refractivity contribution in [2.24, 2.45) is 11.3 Å². The van der Waals surface area contributed by atoms with E-state index in [9.17, 15) is 0 Å². The minimum absolute atomic E-state index is 0.498. The monoisotopic (exact) mass is 294 g/mol. The lowest BCUT2D eigenvalue weighted by Crippen LogP contribution is -2.44. The van der Waals surface area contributed by atoms with Crippen LogP contribution < -0.4 is 5.32 Å². The van der Waals surface area contributed by atoms with Crippen LogP contribution in [0.4, 0.5) is 0 Å². The highest BCUT2D eigenvalue weighted by atomic mass is 15.2. The van der Waals surface area contributed by atoms with E-state index in [1.807, 2.05) is 0 Å². The van der Waals surface area contributed by atoms with Gasteiger partial charge in [-0.25, -0.2) is 0 Å². The highest BCUT2D eigenvalue weighted by molar-refractivity contribution is 4.87. The maximum atomic E-state index is 3.46. The maximum absolute atomic E-state index is 3.46. The molecular weight excluding hydrogens is 256 g/mol. The first kappa shape index (κ1) is 17.3. The molecule has 2 saturated carbocycles. The molecule has 2 aliphatic rings. The van der Waals surface area contributed by atoms with Crippen LogP contribution >= 0.6 is 0 Å². The maximum Gasteiger partial charge on any atom is 0.00963 e. The fourth-order valence-electron chi connectivity index (χ4n) is 4.63. The Bertz CT molecular complexity index is 299. The second kappa shape index (κ2) is 7.46. The first-order valence-electron chi connectivity index (χ1n) is 9.31. The van der Waals surface area contributed by atoms with Crippen LogP contribution in [0.2, 0.25) is 0 Å². The van der Waals surface area contributed by atoms with Crippen LogP contribution in [-0.4, -0.2) is 37.1 Å². The zero-order valence-electron chi connectivity index (χ0n) is 15.1. The highest BCUT2D eigenvalue weighted by Crippen LogP contribution is 2.38. The Morgan fingerprint density at radius 3 is 1.95 bits per heavy atom. The normalized spacial score (nSPS) is 35.7. The van der Waals surface area contributed by atoms with E-state index in [0.717, 1.165) is 24.0 Å². The van der Waals surface area contributed by atoms with Gasteiger partial charge in [-0.05, 0) is 76.8 Å². The van der Waals surface area contributed by atoms with Crippen molar-refractivity contribution < 1.29 is 0 Å². The SMILES string of the molecule is CNC1CCC(N(C)C2CCCC(C(C)(C)C)CC2)CC1. The van der Waals surface area contributed by atoms with Gasteiger partial charge in [-0.3, -0.25) is 0 Å². The van der Waals surface area contributed by atoms with Gasteiger partial charge in [0, 0.05) is 18.1 Å². The van der Waals surface area contributed by atoms with Crippen molar-refractivity contribution in [3.05, 3.63) is 0 Å². The summed E-state index contributed by atoms with van der Waals surface area (Å²) in [5.74, 6) is 0.927. The Labute approximate surface area is 133 Å². The number of hydrogen-bond donors (Lipinski definition) is 1. The fraction of sp³-hybridized carbons (Fsp3) is 1.00. The first-order valence-corrected chi connectivity index (χ1v) is 9.31. The molecule has 21 heavy (non-hydrogen) atoms. The summed E-state index contributed by atoms with van der Waals surface area (Å²) in [4.78, 5) is 2.76.